The molecule has 0 amide bonds. The van der Waals surface area contributed by atoms with Crippen LogP contribution in [-0.4, -0.2) is 31.7 Å². The normalized spacial score (nSPS) is 11.4. The Morgan fingerprint density at radius 1 is 1.41 bits per heavy atom. The Balaban J connectivity index is 2.46. The van der Waals surface area contributed by atoms with Gasteiger partial charge in [-0.25, -0.2) is 0 Å². The van der Waals surface area contributed by atoms with Gasteiger partial charge in [0.2, 0.25) is 5.82 Å². The maximum absolute atomic E-state index is 11.2. The second-order valence-electron chi connectivity index (χ2n) is 4.25. The lowest BCUT2D eigenvalue weighted by Gasteiger charge is -2.19. The summed E-state index contributed by atoms with van der Waals surface area (Å²) in [6, 6.07) is 7.13. The van der Waals surface area contributed by atoms with Gasteiger partial charge in [-0.3, -0.25) is 4.79 Å². The second-order valence-corrected chi connectivity index (χ2v) is 4.25. The summed E-state index contributed by atoms with van der Waals surface area (Å²) in [6.07, 6.45) is 0. The fourth-order valence-corrected chi connectivity index (χ4v) is 1.45. The molecule has 0 aliphatic carbocycles. The van der Waals surface area contributed by atoms with Crippen LogP contribution in [0.25, 0.3) is 11.4 Å². The van der Waals surface area contributed by atoms with Gasteiger partial charge >= 0.3 is 5.97 Å². The highest BCUT2D eigenvalue weighted by atomic mass is 16.4. The maximum Gasteiger partial charge on any atom is 0.313 e. The number of tetrazole rings is 1. The zero-order chi connectivity index (χ0) is 12.5. The molecule has 0 saturated carbocycles. The predicted octanol–water partition coefficient (Wildman–Crippen LogP) is 1.23. The van der Waals surface area contributed by atoms with Crippen LogP contribution in [0.3, 0.4) is 0 Å². The van der Waals surface area contributed by atoms with Gasteiger partial charge in [0.1, 0.15) is 0 Å². The van der Waals surface area contributed by atoms with Crippen molar-refractivity contribution in [3.63, 3.8) is 0 Å². The third-order valence-corrected chi connectivity index (χ3v) is 2.72. The largest absolute Gasteiger partial charge is 0.481 e. The third kappa shape index (κ3) is 2.01. The van der Waals surface area contributed by atoms with Gasteiger partial charge in [0.15, 0.2) is 0 Å². The summed E-state index contributed by atoms with van der Waals surface area (Å²) in [7, 11) is 0. The van der Waals surface area contributed by atoms with Gasteiger partial charge in [-0.05, 0) is 30.7 Å². The van der Waals surface area contributed by atoms with Crippen LogP contribution in [0.5, 0.6) is 0 Å². The van der Waals surface area contributed by atoms with Gasteiger partial charge in [-0.2, -0.15) is 5.21 Å². The van der Waals surface area contributed by atoms with Crippen LogP contribution in [0.2, 0.25) is 0 Å². The number of hydrogen-bond donors (Lipinski definition) is 2. The smallest absolute Gasteiger partial charge is 0.313 e. The second kappa shape index (κ2) is 3.97. The SMILES string of the molecule is CC(C)(C(=O)O)c1cccc(-c2nn[nH]n2)c1. The van der Waals surface area contributed by atoms with Gasteiger partial charge in [0, 0.05) is 5.56 Å². The average Bonchev–Trinajstić information content (AvgIpc) is 2.82. The molecule has 0 aliphatic heterocycles. The van der Waals surface area contributed by atoms with Crippen molar-refractivity contribution in [3.05, 3.63) is 29.8 Å². The molecule has 6 heteroatoms. The van der Waals surface area contributed by atoms with E-state index in [-0.39, 0.29) is 0 Å². The molecule has 0 bridgehead atoms. The fraction of sp³-hybridized carbons (Fsp3) is 0.273. The fourth-order valence-electron chi connectivity index (χ4n) is 1.45. The summed E-state index contributed by atoms with van der Waals surface area (Å²) in [6.45, 7) is 3.31. The van der Waals surface area contributed by atoms with Crippen LogP contribution in [0.15, 0.2) is 24.3 Å². The zero-order valence-electron chi connectivity index (χ0n) is 9.51. The molecule has 1 aromatic carbocycles. The summed E-state index contributed by atoms with van der Waals surface area (Å²) in [4.78, 5) is 11.2. The third-order valence-electron chi connectivity index (χ3n) is 2.72. The molecule has 0 spiro atoms. The summed E-state index contributed by atoms with van der Waals surface area (Å²) in [5.74, 6) is -0.421. The van der Waals surface area contributed by atoms with E-state index in [9.17, 15) is 4.79 Å². The Morgan fingerprint density at radius 3 is 2.76 bits per heavy atom. The summed E-state index contributed by atoms with van der Waals surface area (Å²) >= 11 is 0. The van der Waals surface area contributed by atoms with Gasteiger partial charge in [-0.15, -0.1) is 10.2 Å². The molecule has 2 N–H and O–H groups in total. The van der Waals surface area contributed by atoms with Gasteiger partial charge < -0.3 is 5.11 Å². The van der Waals surface area contributed by atoms with Crippen molar-refractivity contribution in [3.8, 4) is 11.4 Å². The van der Waals surface area contributed by atoms with Crippen molar-refractivity contribution < 1.29 is 9.90 Å². The van der Waals surface area contributed by atoms with Crippen LogP contribution >= 0.6 is 0 Å². The molecule has 2 rings (SSSR count). The van der Waals surface area contributed by atoms with Crippen molar-refractivity contribution in [2.24, 2.45) is 0 Å². The summed E-state index contributed by atoms with van der Waals surface area (Å²) in [5, 5.41) is 22.7. The van der Waals surface area contributed by atoms with E-state index in [0.717, 1.165) is 5.56 Å². The highest BCUT2D eigenvalue weighted by Crippen LogP contribution is 2.26. The number of nitrogens with one attached hydrogen (secondary N) is 1. The molecule has 0 radical (unpaired) electrons. The van der Waals surface area contributed by atoms with Crippen LogP contribution in [0.1, 0.15) is 19.4 Å². The van der Waals surface area contributed by atoms with Gasteiger partial charge in [-0.1, -0.05) is 18.2 Å². The molecular formula is C11H12N4O2. The molecule has 6 nitrogen and oxygen atoms in total. The number of H-pyrrole nitrogens is 1. The lowest BCUT2D eigenvalue weighted by Crippen LogP contribution is -2.28. The maximum atomic E-state index is 11.2. The van der Waals surface area contributed by atoms with E-state index < -0.39 is 11.4 Å². The number of benzene rings is 1. The van der Waals surface area contributed by atoms with Crippen molar-refractivity contribution >= 4 is 5.97 Å². The number of hydrogen-bond acceptors (Lipinski definition) is 4. The minimum atomic E-state index is -0.945. The number of aromatic nitrogens is 4. The first-order valence-corrected chi connectivity index (χ1v) is 5.09. The summed E-state index contributed by atoms with van der Waals surface area (Å²) in [5.41, 5.74) is 0.498. The molecule has 0 saturated heterocycles. The molecule has 1 aromatic heterocycles. The number of aliphatic carboxylic acids is 1. The van der Waals surface area contributed by atoms with Gasteiger partial charge in [0.05, 0.1) is 5.41 Å². The van der Waals surface area contributed by atoms with Crippen molar-refractivity contribution in [1.29, 1.82) is 0 Å². The molecule has 0 fully saturated rings. The number of carboxylic acid groups (broad SMARTS) is 1. The predicted molar refractivity (Wildman–Crippen MR) is 60.3 cm³/mol. The Morgan fingerprint density at radius 2 is 2.18 bits per heavy atom. The zero-order valence-corrected chi connectivity index (χ0v) is 9.51. The molecule has 0 atom stereocenters. The van der Waals surface area contributed by atoms with Crippen molar-refractivity contribution in [2.45, 2.75) is 19.3 Å². The van der Waals surface area contributed by atoms with E-state index >= 15 is 0 Å². The first kappa shape index (κ1) is 11.3. The number of nitrogens with zero attached hydrogens (tertiary/aromatic N) is 3. The number of aromatic amines is 1. The van der Waals surface area contributed by atoms with E-state index in [2.05, 4.69) is 20.6 Å². The standard InChI is InChI=1S/C11H12N4O2/c1-11(2,10(16)17)8-5-3-4-7(6-8)9-12-14-15-13-9/h3-6H,1-2H3,(H,16,17)(H,12,13,14,15). The number of carboxylic acids is 1. The Bertz CT molecular complexity index is 534. The van der Waals surface area contributed by atoms with E-state index in [1.54, 1.807) is 32.0 Å². The minimum absolute atomic E-state index is 0.452. The number of carbonyl (C=O) groups is 1. The average molecular weight is 232 g/mol. The van der Waals surface area contributed by atoms with Gasteiger partial charge in [0.25, 0.3) is 0 Å². The van der Waals surface area contributed by atoms with E-state index in [1.165, 1.54) is 0 Å². The monoisotopic (exact) mass is 232 g/mol. The van der Waals surface area contributed by atoms with Crippen LogP contribution < -0.4 is 0 Å². The van der Waals surface area contributed by atoms with E-state index in [1.807, 2.05) is 6.07 Å². The highest BCUT2D eigenvalue weighted by molar-refractivity contribution is 5.80. The quantitative estimate of drug-likeness (QED) is 0.830. The topological polar surface area (TPSA) is 91.8 Å². The summed E-state index contributed by atoms with van der Waals surface area (Å²) < 4.78 is 0. The van der Waals surface area contributed by atoms with Crippen molar-refractivity contribution in [2.75, 3.05) is 0 Å². The number of rotatable bonds is 3. The molecular weight excluding hydrogens is 220 g/mol. The van der Waals surface area contributed by atoms with Crippen molar-refractivity contribution in [1.82, 2.24) is 20.6 Å². The highest BCUT2D eigenvalue weighted by Gasteiger charge is 2.29. The molecule has 88 valence electrons. The Hall–Kier alpha value is -2.24. The van der Waals surface area contributed by atoms with E-state index in [0.29, 0.717) is 11.4 Å². The molecule has 0 unspecified atom stereocenters. The molecule has 2 aromatic rings. The minimum Gasteiger partial charge on any atom is -0.481 e. The first-order valence-electron chi connectivity index (χ1n) is 5.09. The lowest BCUT2D eigenvalue weighted by atomic mass is 9.84. The lowest BCUT2D eigenvalue weighted by molar-refractivity contribution is -0.142. The van der Waals surface area contributed by atoms with Crippen LogP contribution in [0.4, 0.5) is 0 Å². The molecule has 17 heavy (non-hydrogen) atoms. The molecule has 0 aliphatic rings. The Kier molecular flexibility index (Phi) is 2.63. The van der Waals surface area contributed by atoms with Crippen LogP contribution in [0, 0.1) is 0 Å². The van der Waals surface area contributed by atoms with E-state index in [4.69, 9.17) is 5.11 Å². The van der Waals surface area contributed by atoms with Crippen LogP contribution in [-0.2, 0) is 10.2 Å². The first-order chi connectivity index (χ1) is 8.01. The Labute approximate surface area is 97.7 Å². The molecule has 1 heterocycles.